The summed E-state index contributed by atoms with van der Waals surface area (Å²) in [5, 5.41) is 10.9. The van der Waals surface area contributed by atoms with E-state index in [1.165, 1.54) is 29.0 Å². The van der Waals surface area contributed by atoms with Crippen LogP contribution < -0.4 is 4.90 Å². The van der Waals surface area contributed by atoms with Gasteiger partial charge in [0, 0.05) is 18.0 Å². The molecule has 0 saturated carbocycles. The van der Waals surface area contributed by atoms with Gasteiger partial charge in [-0.05, 0) is 18.2 Å². The highest BCUT2D eigenvalue weighted by Crippen LogP contribution is 2.36. The zero-order valence-electron chi connectivity index (χ0n) is 16.6. The van der Waals surface area contributed by atoms with Crippen LogP contribution in [0.5, 0.6) is 5.88 Å². The second-order valence-corrected chi connectivity index (χ2v) is 7.27. The highest BCUT2D eigenvalue weighted by Gasteiger charge is 2.43. The minimum atomic E-state index is -4.53. The molecule has 1 atom stereocenters. The Morgan fingerprint density at radius 3 is 2.56 bits per heavy atom. The number of furan rings is 1. The van der Waals surface area contributed by atoms with Crippen molar-refractivity contribution in [1.82, 2.24) is 14.4 Å². The van der Waals surface area contributed by atoms with E-state index in [-0.39, 0.29) is 29.5 Å². The second kappa shape index (κ2) is 7.60. The van der Waals surface area contributed by atoms with Crippen LogP contribution >= 0.6 is 0 Å². The maximum atomic E-state index is 13.8. The van der Waals surface area contributed by atoms with Gasteiger partial charge in [0.1, 0.15) is 17.5 Å². The Kier molecular flexibility index (Phi) is 4.73. The molecule has 3 aromatic heterocycles. The fourth-order valence-electron chi connectivity index (χ4n) is 3.65. The topological polar surface area (TPSA) is 66.8 Å². The Labute approximate surface area is 180 Å². The number of aromatic hydroxyl groups is 1. The van der Waals surface area contributed by atoms with E-state index in [9.17, 15) is 18.3 Å². The maximum Gasteiger partial charge on any atom is 0.412 e. The Morgan fingerprint density at radius 1 is 1.03 bits per heavy atom. The number of allylic oxidation sites excluding steroid dienone is 2. The molecule has 32 heavy (non-hydrogen) atoms. The van der Waals surface area contributed by atoms with Crippen LogP contribution in [0, 0.1) is 0 Å². The van der Waals surface area contributed by atoms with Gasteiger partial charge in [-0.2, -0.15) is 13.2 Å². The molecule has 0 saturated heterocycles. The molecular weight excluding hydrogens is 421 g/mol. The smallest absolute Gasteiger partial charge is 0.412 e. The molecule has 1 N–H and O–H groups in total. The standard InChI is InChI=1S/C23H17F3N4O2/c24-23(25,26)19-10-4-5-11-29(19)20-21-27-17(13-16-9-6-12-32-16)22(31)30(21)14-18(28-20)15-7-2-1-3-8-15/h1-12,14,19,31H,13H2. The third-order valence-corrected chi connectivity index (χ3v) is 5.16. The van der Waals surface area contributed by atoms with Crippen molar-refractivity contribution in [2.24, 2.45) is 0 Å². The van der Waals surface area contributed by atoms with Crippen LogP contribution in [0.3, 0.4) is 0 Å². The number of aromatic nitrogens is 3. The molecule has 0 radical (unpaired) electrons. The monoisotopic (exact) mass is 438 g/mol. The highest BCUT2D eigenvalue weighted by molar-refractivity contribution is 5.74. The molecular formula is C23H17F3N4O2. The van der Waals surface area contributed by atoms with Crippen molar-refractivity contribution >= 4 is 11.5 Å². The van der Waals surface area contributed by atoms with Crippen molar-refractivity contribution in [3.05, 3.63) is 90.8 Å². The zero-order chi connectivity index (χ0) is 22.3. The van der Waals surface area contributed by atoms with E-state index in [1.54, 1.807) is 42.6 Å². The molecule has 1 aliphatic rings. The van der Waals surface area contributed by atoms with Gasteiger partial charge in [0.2, 0.25) is 5.88 Å². The molecule has 4 aromatic rings. The zero-order valence-corrected chi connectivity index (χ0v) is 16.6. The van der Waals surface area contributed by atoms with Crippen LogP contribution in [0.25, 0.3) is 16.9 Å². The number of hydrogen-bond donors (Lipinski definition) is 1. The third kappa shape index (κ3) is 3.51. The number of nitrogens with zero attached hydrogens (tertiary/aromatic N) is 4. The molecule has 1 aromatic carbocycles. The molecule has 4 heterocycles. The summed E-state index contributed by atoms with van der Waals surface area (Å²) in [6.45, 7) is 0. The van der Waals surface area contributed by atoms with Gasteiger partial charge in [0.15, 0.2) is 11.5 Å². The SMILES string of the molecule is Oc1c(Cc2ccco2)nc2c(N3C=CC=CC3C(F)(F)F)nc(-c3ccccc3)cn12. The average molecular weight is 438 g/mol. The number of alkyl halides is 3. The lowest BCUT2D eigenvalue weighted by Gasteiger charge is -2.31. The van der Waals surface area contributed by atoms with Gasteiger partial charge in [-0.1, -0.05) is 42.5 Å². The fraction of sp³-hybridized carbons (Fsp3) is 0.130. The molecule has 1 aliphatic heterocycles. The highest BCUT2D eigenvalue weighted by atomic mass is 19.4. The summed E-state index contributed by atoms with van der Waals surface area (Å²) in [6.07, 6.45) is 3.93. The first-order valence-electron chi connectivity index (χ1n) is 9.80. The largest absolute Gasteiger partial charge is 0.493 e. The first-order valence-corrected chi connectivity index (χ1v) is 9.80. The fourth-order valence-corrected chi connectivity index (χ4v) is 3.65. The Balaban J connectivity index is 1.72. The number of hydrogen-bond acceptors (Lipinski definition) is 5. The minimum Gasteiger partial charge on any atom is -0.493 e. The molecule has 0 aliphatic carbocycles. The number of rotatable bonds is 4. The lowest BCUT2D eigenvalue weighted by molar-refractivity contribution is -0.136. The van der Waals surface area contributed by atoms with Crippen molar-refractivity contribution in [1.29, 1.82) is 0 Å². The van der Waals surface area contributed by atoms with Gasteiger partial charge < -0.3 is 14.4 Å². The Bertz CT molecular complexity index is 1310. The second-order valence-electron chi connectivity index (χ2n) is 7.27. The van der Waals surface area contributed by atoms with E-state index in [0.29, 0.717) is 17.0 Å². The normalized spacial score (nSPS) is 16.2. The summed E-state index contributed by atoms with van der Waals surface area (Å²) in [4.78, 5) is 9.99. The van der Waals surface area contributed by atoms with Crippen LogP contribution in [-0.2, 0) is 6.42 Å². The third-order valence-electron chi connectivity index (χ3n) is 5.16. The predicted octanol–water partition coefficient (Wildman–Crippen LogP) is 5.11. The van der Waals surface area contributed by atoms with Gasteiger partial charge in [-0.25, -0.2) is 9.97 Å². The molecule has 1 unspecified atom stereocenters. The first-order chi connectivity index (χ1) is 15.4. The van der Waals surface area contributed by atoms with Crippen LogP contribution in [-0.4, -0.2) is 31.7 Å². The van der Waals surface area contributed by atoms with Crippen molar-refractivity contribution in [2.45, 2.75) is 18.6 Å². The van der Waals surface area contributed by atoms with E-state index < -0.39 is 12.2 Å². The van der Waals surface area contributed by atoms with E-state index in [2.05, 4.69) is 9.97 Å². The average Bonchev–Trinajstić information content (AvgIpc) is 3.42. The summed E-state index contributed by atoms with van der Waals surface area (Å²) in [6, 6.07) is 10.6. The van der Waals surface area contributed by atoms with Crippen molar-refractivity contribution in [2.75, 3.05) is 4.90 Å². The summed E-state index contributed by atoms with van der Waals surface area (Å²) in [5.41, 5.74) is 1.47. The van der Waals surface area contributed by atoms with Gasteiger partial charge in [0.05, 0.1) is 18.4 Å². The van der Waals surface area contributed by atoms with Crippen LogP contribution in [0.4, 0.5) is 19.0 Å². The molecule has 6 nitrogen and oxygen atoms in total. The number of imidazole rings is 1. The van der Waals surface area contributed by atoms with E-state index >= 15 is 0 Å². The van der Waals surface area contributed by atoms with Crippen LogP contribution in [0.2, 0.25) is 0 Å². The van der Waals surface area contributed by atoms with E-state index in [4.69, 9.17) is 4.42 Å². The minimum absolute atomic E-state index is 0.0183. The van der Waals surface area contributed by atoms with Gasteiger partial charge >= 0.3 is 6.18 Å². The van der Waals surface area contributed by atoms with Crippen LogP contribution in [0.15, 0.2) is 83.8 Å². The van der Waals surface area contributed by atoms with Crippen molar-refractivity contribution < 1.29 is 22.7 Å². The molecule has 0 bridgehead atoms. The van der Waals surface area contributed by atoms with Gasteiger partial charge in [-0.3, -0.25) is 4.40 Å². The molecule has 162 valence electrons. The summed E-state index contributed by atoms with van der Waals surface area (Å²) >= 11 is 0. The Morgan fingerprint density at radius 2 is 1.84 bits per heavy atom. The van der Waals surface area contributed by atoms with Crippen molar-refractivity contribution in [3.63, 3.8) is 0 Å². The number of fused-ring (bicyclic) bond motifs is 1. The first kappa shape index (κ1) is 19.9. The summed E-state index contributed by atoms with van der Waals surface area (Å²) in [7, 11) is 0. The molecule has 0 amide bonds. The number of benzene rings is 1. The summed E-state index contributed by atoms with van der Waals surface area (Å²) in [5.74, 6) is 0.364. The lowest BCUT2D eigenvalue weighted by atomic mass is 10.1. The maximum absolute atomic E-state index is 13.8. The quantitative estimate of drug-likeness (QED) is 0.480. The lowest BCUT2D eigenvalue weighted by Crippen LogP contribution is -2.43. The molecule has 5 rings (SSSR count). The van der Waals surface area contributed by atoms with Gasteiger partial charge in [-0.15, -0.1) is 0 Å². The van der Waals surface area contributed by atoms with Crippen LogP contribution in [0.1, 0.15) is 11.5 Å². The van der Waals surface area contributed by atoms with Crippen molar-refractivity contribution in [3.8, 4) is 17.1 Å². The molecule has 9 heteroatoms. The van der Waals surface area contributed by atoms with E-state index in [0.717, 1.165) is 11.0 Å². The number of anilines is 1. The summed E-state index contributed by atoms with van der Waals surface area (Å²) < 4.78 is 48.1. The molecule has 0 fully saturated rings. The Hall–Kier alpha value is -4.01. The molecule has 0 spiro atoms. The predicted molar refractivity (Wildman–Crippen MR) is 112 cm³/mol. The van der Waals surface area contributed by atoms with E-state index in [1.807, 2.05) is 6.07 Å². The number of halogens is 3. The van der Waals surface area contributed by atoms with Gasteiger partial charge in [0.25, 0.3) is 0 Å².